The maximum absolute atomic E-state index is 12.0. The van der Waals surface area contributed by atoms with Crippen molar-refractivity contribution in [1.29, 1.82) is 0 Å². The zero-order valence-electron chi connectivity index (χ0n) is 5.98. The predicted molar refractivity (Wildman–Crippen MR) is 41.5 cm³/mol. The first-order valence-corrected chi connectivity index (χ1v) is 3.26. The maximum Gasteiger partial charge on any atom is 0.115 e. The van der Waals surface area contributed by atoms with Crippen LogP contribution < -0.4 is 5.46 Å². The van der Waals surface area contributed by atoms with Gasteiger partial charge in [-0.3, -0.25) is 0 Å². The third-order valence-electron chi connectivity index (χ3n) is 1.38. The molecule has 56 valence electrons. The molecule has 0 heterocycles. The summed E-state index contributed by atoms with van der Waals surface area (Å²) in [6, 6.07) is 4.47. The molecule has 11 heavy (non-hydrogen) atoms. The molecule has 0 atom stereocenters. The standard InChI is InChI=1S/C8H7BF2/c9-8-2-6(4-10)1-7(3-8)5-11/h1-3H,4-5H2. The molecule has 0 unspecified atom stereocenters. The summed E-state index contributed by atoms with van der Waals surface area (Å²) in [5, 5.41) is 0. The summed E-state index contributed by atoms with van der Waals surface area (Å²) in [6.07, 6.45) is 0. The molecular formula is C8H7BF2. The first kappa shape index (κ1) is 8.24. The average Bonchev–Trinajstić information content (AvgIpc) is 2.03. The van der Waals surface area contributed by atoms with Crippen LogP contribution in [0.3, 0.4) is 0 Å². The lowest BCUT2D eigenvalue weighted by Crippen LogP contribution is -2.04. The van der Waals surface area contributed by atoms with Crippen LogP contribution in [0.2, 0.25) is 0 Å². The fourth-order valence-corrected chi connectivity index (χ4v) is 0.946. The SMILES string of the molecule is [B]c1cc(CF)cc(CF)c1. The first-order valence-electron chi connectivity index (χ1n) is 3.26. The molecule has 0 N–H and O–H groups in total. The summed E-state index contributed by atoms with van der Waals surface area (Å²) in [7, 11) is 5.38. The summed E-state index contributed by atoms with van der Waals surface area (Å²) in [4.78, 5) is 0. The van der Waals surface area contributed by atoms with E-state index in [4.69, 9.17) is 7.85 Å². The molecule has 0 bridgehead atoms. The Hall–Kier alpha value is -0.855. The molecule has 1 aromatic rings. The van der Waals surface area contributed by atoms with Crippen molar-refractivity contribution in [3.8, 4) is 0 Å². The van der Waals surface area contributed by atoms with Crippen molar-refractivity contribution in [3.05, 3.63) is 29.3 Å². The molecule has 0 fully saturated rings. The monoisotopic (exact) mass is 152 g/mol. The van der Waals surface area contributed by atoms with E-state index in [-0.39, 0.29) is 0 Å². The van der Waals surface area contributed by atoms with Gasteiger partial charge in [0.2, 0.25) is 0 Å². The fourth-order valence-electron chi connectivity index (χ4n) is 0.946. The Morgan fingerprint density at radius 2 is 1.45 bits per heavy atom. The molecule has 1 rings (SSSR count). The van der Waals surface area contributed by atoms with E-state index in [0.29, 0.717) is 16.6 Å². The minimum absolute atomic E-state index is 0.410. The van der Waals surface area contributed by atoms with Gasteiger partial charge in [0.05, 0.1) is 0 Å². The van der Waals surface area contributed by atoms with Gasteiger partial charge in [-0.15, -0.1) is 0 Å². The molecule has 2 radical (unpaired) electrons. The van der Waals surface area contributed by atoms with Gasteiger partial charge in [0.1, 0.15) is 21.2 Å². The summed E-state index contributed by atoms with van der Waals surface area (Å²) >= 11 is 0. The van der Waals surface area contributed by atoms with Gasteiger partial charge in [0, 0.05) is 0 Å². The second kappa shape index (κ2) is 3.51. The van der Waals surface area contributed by atoms with Crippen molar-refractivity contribution in [1.82, 2.24) is 0 Å². The molecule has 0 aromatic heterocycles. The van der Waals surface area contributed by atoms with Gasteiger partial charge in [-0.1, -0.05) is 23.7 Å². The lowest BCUT2D eigenvalue weighted by Gasteiger charge is -2.00. The lowest BCUT2D eigenvalue weighted by atomic mass is 9.92. The van der Waals surface area contributed by atoms with Gasteiger partial charge < -0.3 is 0 Å². The van der Waals surface area contributed by atoms with Gasteiger partial charge in [-0.25, -0.2) is 8.78 Å². The summed E-state index contributed by atoms with van der Waals surface area (Å²) in [6.45, 7) is -1.20. The third-order valence-corrected chi connectivity index (χ3v) is 1.38. The van der Waals surface area contributed by atoms with E-state index in [1.165, 1.54) is 18.2 Å². The van der Waals surface area contributed by atoms with Crippen LogP contribution in [-0.4, -0.2) is 7.85 Å². The third kappa shape index (κ3) is 2.04. The lowest BCUT2D eigenvalue weighted by molar-refractivity contribution is 0.475. The Morgan fingerprint density at radius 3 is 1.82 bits per heavy atom. The summed E-state index contributed by atoms with van der Waals surface area (Å²) in [5.74, 6) is 0. The van der Waals surface area contributed by atoms with Gasteiger partial charge >= 0.3 is 0 Å². The molecule has 0 aliphatic heterocycles. The molecule has 0 aliphatic rings. The van der Waals surface area contributed by atoms with Crippen molar-refractivity contribution in [2.45, 2.75) is 13.3 Å². The Morgan fingerprint density at radius 1 is 1.00 bits per heavy atom. The van der Waals surface area contributed by atoms with E-state index < -0.39 is 13.3 Å². The van der Waals surface area contributed by atoms with Crippen LogP contribution >= 0.6 is 0 Å². The second-order valence-corrected chi connectivity index (χ2v) is 2.35. The number of hydrogen-bond acceptors (Lipinski definition) is 0. The number of rotatable bonds is 2. The molecule has 0 saturated heterocycles. The van der Waals surface area contributed by atoms with E-state index >= 15 is 0 Å². The molecule has 1 aromatic carbocycles. The van der Waals surface area contributed by atoms with E-state index in [9.17, 15) is 8.78 Å². The first-order chi connectivity index (χ1) is 5.26. The van der Waals surface area contributed by atoms with Crippen LogP contribution in [0.15, 0.2) is 18.2 Å². The topological polar surface area (TPSA) is 0 Å². The molecule has 0 amide bonds. The molecule has 3 heteroatoms. The van der Waals surface area contributed by atoms with Crippen LogP contribution in [0.1, 0.15) is 11.1 Å². The Bertz CT molecular complexity index is 226. The molecule has 0 saturated carbocycles. The largest absolute Gasteiger partial charge is 0.246 e. The van der Waals surface area contributed by atoms with E-state index in [1.54, 1.807) is 0 Å². The molecule has 0 aliphatic carbocycles. The molecular weight excluding hydrogens is 145 g/mol. The molecule has 0 spiro atoms. The predicted octanol–water partition coefficient (Wildman–Crippen LogP) is 1.42. The zero-order chi connectivity index (χ0) is 8.27. The van der Waals surface area contributed by atoms with Crippen molar-refractivity contribution in [2.75, 3.05) is 0 Å². The highest BCUT2D eigenvalue weighted by molar-refractivity contribution is 6.32. The Balaban J connectivity index is 3.02. The minimum atomic E-state index is -0.599. The van der Waals surface area contributed by atoms with Crippen LogP contribution in [0, 0.1) is 0 Å². The van der Waals surface area contributed by atoms with Gasteiger partial charge in [0.15, 0.2) is 0 Å². The molecule has 0 nitrogen and oxygen atoms in total. The Labute approximate surface area is 65.6 Å². The number of hydrogen-bond donors (Lipinski definition) is 0. The van der Waals surface area contributed by atoms with Gasteiger partial charge in [0.25, 0.3) is 0 Å². The van der Waals surface area contributed by atoms with E-state index in [0.717, 1.165) is 0 Å². The Kier molecular flexibility index (Phi) is 2.63. The quantitative estimate of drug-likeness (QED) is 0.562. The second-order valence-electron chi connectivity index (χ2n) is 2.35. The highest BCUT2D eigenvalue weighted by Crippen LogP contribution is 2.05. The van der Waals surface area contributed by atoms with Crippen molar-refractivity contribution in [2.24, 2.45) is 0 Å². The van der Waals surface area contributed by atoms with Gasteiger partial charge in [-0.05, 0) is 11.1 Å². The van der Waals surface area contributed by atoms with Crippen molar-refractivity contribution < 1.29 is 8.78 Å². The van der Waals surface area contributed by atoms with Crippen LogP contribution in [0.25, 0.3) is 0 Å². The van der Waals surface area contributed by atoms with Crippen molar-refractivity contribution >= 4 is 13.3 Å². The number of benzene rings is 1. The summed E-state index contributed by atoms with van der Waals surface area (Å²) in [5.41, 5.74) is 1.27. The zero-order valence-corrected chi connectivity index (χ0v) is 5.98. The maximum atomic E-state index is 12.0. The average molecular weight is 152 g/mol. The normalized spacial score (nSPS) is 10.0. The fraction of sp³-hybridized carbons (Fsp3) is 0.250. The minimum Gasteiger partial charge on any atom is -0.246 e. The number of alkyl halides is 2. The van der Waals surface area contributed by atoms with E-state index in [2.05, 4.69) is 0 Å². The van der Waals surface area contributed by atoms with Crippen LogP contribution in [0.4, 0.5) is 8.78 Å². The highest BCUT2D eigenvalue weighted by atomic mass is 19.1. The van der Waals surface area contributed by atoms with Crippen LogP contribution in [-0.2, 0) is 13.3 Å². The highest BCUT2D eigenvalue weighted by Gasteiger charge is 1.96. The van der Waals surface area contributed by atoms with Crippen molar-refractivity contribution in [3.63, 3.8) is 0 Å². The summed E-state index contributed by atoms with van der Waals surface area (Å²) < 4.78 is 24.1. The van der Waals surface area contributed by atoms with E-state index in [1.807, 2.05) is 0 Å². The number of halogens is 2. The smallest absolute Gasteiger partial charge is 0.115 e. The van der Waals surface area contributed by atoms with Gasteiger partial charge in [-0.2, -0.15) is 0 Å². The van der Waals surface area contributed by atoms with Crippen LogP contribution in [0.5, 0.6) is 0 Å².